The molecule has 0 aliphatic heterocycles. The normalized spacial score (nSPS) is 8.58. The quantitative estimate of drug-likeness (QED) is 0.233. The van der Waals surface area contributed by atoms with Crippen LogP contribution in [0.3, 0.4) is 0 Å². The molecule has 1 aromatic heterocycles. The summed E-state index contributed by atoms with van der Waals surface area (Å²) in [4.78, 5) is 6.24. The van der Waals surface area contributed by atoms with Crippen LogP contribution in [0.25, 0.3) is 21.7 Å². The van der Waals surface area contributed by atoms with E-state index in [0.717, 1.165) is 5.52 Å². The van der Waals surface area contributed by atoms with E-state index in [0.29, 0.717) is 0 Å². The van der Waals surface area contributed by atoms with Crippen molar-refractivity contribution in [3.8, 4) is 0 Å². The number of nitrogens with one attached hydrogen (secondary N) is 1. The van der Waals surface area contributed by atoms with Gasteiger partial charge in [-0.1, -0.05) is 18.2 Å². The van der Waals surface area contributed by atoms with Crippen molar-refractivity contribution in [3.63, 3.8) is 0 Å². The van der Waals surface area contributed by atoms with Crippen LogP contribution in [0, 0.1) is 12.1 Å². The smallest absolute Gasteiger partial charge is 0.0745 e. The van der Waals surface area contributed by atoms with Gasteiger partial charge in [-0.25, -0.2) is 0 Å². The number of H-pyrrole nitrogens is 1. The van der Waals surface area contributed by atoms with Gasteiger partial charge in [-0.15, -0.1) is 78.3 Å². The standard InChI is InChI=1S/C9H7.C8H6N.C4H9.CH2.2ClH.Ti/c1-2-5-9-7-3-6-8(9)4-1;1-2-4-8-7(3-1)5-6-9-8;1-4(2)3;;;;/h1-7H;1-5,9H;1-3H3;1H2;2*1H;/q3*-1;;;;. The van der Waals surface area contributed by atoms with Crippen molar-refractivity contribution in [2.24, 2.45) is 0 Å². The number of benzene rings is 2. The maximum atomic E-state index is 3.25. The number of halogens is 2. The molecule has 4 aromatic rings. The van der Waals surface area contributed by atoms with Crippen molar-refractivity contribution >= 4 is 51.3 Å². The maximum absolute atomic E-state index is 3.25. The fourth-order valence-corrected chi connectivity index (χ4v) is 2.00. The van der Waals surface area contributed by atoms with Crippen molar-refractivity contribution in [1.82, 2.24) is 4.98 Å². The molecule has 0 fully saturated rings. The number of aromatic nitrogens is 1. The summed E-state index contributed by atoms with van der Waals surface area (Å²) in [6, 6.07) is 24.7. The van der Waals surface area contributed by atoms with Crippen molar-refractivity contribution in [3.05, 3.63) is 84.9 Å². The number of hydrogen-bond acceptors (Lipinski definition) is 0. The van der Waals surface area contributed by atoms with Gasteiger partial charge in [0.15, 0.2) is 0 Å². The van der Waals surface area contributed by atoms with Gasteiger partial charge in [0.1, 0.15) is 0 Å². The van der Waals surface area contributed by atoms with Crippen molar-refractivity contribution < 1.29 is 20.0 Å². The Hall–Kier alpha value is -1.25. The third-order valence-electron chi connectivity index (χ3n) is 2.94. The first-order valence-electron chi connectivity index (χ1n) is 7.83. The Morgan fingerprint density at radius 2 is 1.42 bits per heavy atom. The van der Waals surface area contributed by atoms with Crippen LogP contribution >= 0.6 is 24.8 Å². The van der Waals surface area contributed by atoms with Crippen LogP contribution in [-0.2, 0) is 20.0 Å². The molecule has 0 aliphatic rings. The zero-order valence-corrected chi connectivity index (χ0v) is 18.6. The summed E-state index contributed by atoms with van der Waals surface area (Å²) >= 11 is 1.75. The molecule has 0 aliphatic carbocycles. The van der Waals surface area contributed by atoms with E-state index in [1.165, 1.54) is 22.1 Å². The van der Waals surface area contributed by atoms with E-state index in [4.69, 9.17) is 0 Å². The molecule has 0 atom stereocenters. The third kappa shape index (κ3) is 10.0. The first-order chi connectivity index (χ1) is 11.7. The molecule has 1 N–H and O–H groups in total. The second-order valence-corrected chi connectivity index (χ2v) is 5.66. The average Bonchev–Trinajstić information content (AvgIpc) is 3.26. The second kappa shape index (κ2) is 16.0. The topological polar surface area (TPSA) is 15.8 Å². The molecule has 0 bridgehead atoms. The predicted octanol–water partition coefficient (Wildman–Crippen LogP) is 6.96. The minimum Gasteiger partial charge on any atom is -0.477 e. The van der Waals surface area contributed by atoms with E-state index >= 15 is 0 Å². The molecular formula is C22H26Cl2NTi-3. The zero-order chi connectivity index (χ0) is 17.8. The number of hydrogen-bond donors (Lipinski definition) is 1. The summed E-state index contributed by atoms with van der Waals surface area (Å²) in [6.45, 7) is 6.25. The largest absolute Gasteiger partial charge is 0.477 e. The Morgan fingerprint density at radius 3 is 2.00 bits per heavy atom. The van der Waals surface area contributed by atoms with Crippen molar-refractivity contribution in [1.29, 1.82) is 0 Å². The maximum Gasteiger partial charge on any atom is -0.0745 e. The van der Waals surface area contributed by atoms with E-state index in [9.17, 15) is 0 Å². The first-order valence-corrected chi connectivity index (χ1v) is 8.93. The number of aromatic amines is 1. The Kier molecular flexibility index (Phi) is 16.6. The molecule has 4 heteroatoms. The molecule has 1 heterocycles. The Balaban J connectivity index is 0. The van der Waals surface area contributed by atoms with Crippen molar-refractivity contribution in [2.75, 3.05) is 0 Å². The average molecular weight is 423 g/mol. The molecule has 140 valence electrons. The Labute approximate surface area is 181 Å². The van der Waals surface area contributed by atoms with Crippen LogP contribution in [-0.4, -0.2) is 9.80 Å². The van der Waals surface area contributed by atoms with Gasteiger partial charge in [-0.05, 0) is 0 Å². The van der Waals surface area contributed by atoms with Gasteiger partial charge in [0, 0.05) is 0 Å². The number of para-hydroxylation sites is 1. The van der Waals surface area contributed by atoms with Gasteiger partial charge < -0.3 is 10.9 Å². The minimum absolute atomic E-state index is 0. The monoisotopic (exact) mass is 422 g/mol. The van der Waals surface area contributed by atoms with E-state index in [1.807, 2.05) is 24.3 Å². The fraction of sp³-hybridized carbons (Fsp3) is 0.136. The summed E-state index contributed by atoms with van der Waals surface area (Å²) in [5.41, 5.74) is 1.15. The van der Waals surface area contributed by atoms with Crippen LogP contribution in [0.4, 0.5) is 0 Å². The molecule has 4 rings (SSSR count). The molecule has 0 unspecified atom stereocenters. The molecule has 26 heavy (non-hydrogen) atoms. The third-order valence-corrected chi connectivity index (χ3v) is 2.94. The molecule has 3 aromatic carbocycles. The molecule has 0 radical (unpaired) electrons. The SMILES string of the molecule is C[C-](C)C.Cl.Cl.[CH2]=[Ti].[c-]1cc2ccccc2[nH]1.c1ccc2[cH-]ccc2c1. The molecule has 0 saturated heterocycles. The Morgan fingerprint density at radius 1 is 0.885 bits per heavy atom. The van der Waals surface area contributed by atoms with E-state index in [1.54, 1.807) is 20.0 Å². The molecule has 0 amide bonds. The van der Waals surface area contributed by atoms with Gasteiger partial charge in [0.05, 0.1) is 0 Å². The van der Waals surface area contributed by atoms with Crippen LogP contribution in [0.1, 0.15) is 20.8 Å². The van der Waals surface area contributed by atoms with E-state index in [-0.39, 0.29) is 24.8 Å². The summed E-state index contributed by atoms with van der Waals surface area (Å²) in [5, 5.41) is 3.88. The minimum atomic E-state index is 0. The van der Waals surface area contributed by atoms with Crippen LogP contribution in [0.2, 0.25) is 0 Å². The van der Waals surface area contributed by atoms with Crippen LogP contribution < -0.4 is 0 Å². The van der Waals surface area contributed by atoms with Gasteiger partial charge in [0.25, 0.3) is 0 Å². The van der Waals surface area contributed by atoms with E-state index in [2.05, 4.69) is 85.3 Å². The van der Waals surface area contributed by atoms with Crippen molar-refractivity contribution in [2.45, 2.75) is 20.8 Å². The number of rotatable bonds is 0. The first kappa shape index (κ1) is 27.0. The molecule has 1 nitrogen and oxygen atoms in total. The molecule has 0 saturated carbocycles. The summed E-state index contributed by atoms with van der Waals surface area (Å²) in [5.74, 6) is 1.42. The van der Waals surface area contributed by atoms with Crippen LogP contribution in [0.5, 0.6) is 0 Å². The Bertz CT molecular complexity index is 692. The fourth-order valence-electron chi connectivity index (χ4n) is 2.00. The van der Waals surface area contributed by atoms with Gasteiger partial charge in [-0.2, -0.15) is 49.7 Å². The van der Waals surface area contributed by atoms with Crippen LogP contribution in [0.15, 0.2) is 72.8 Å². The zero-order valence-electron chi connectivity index (χ0n) is 15.5. The van der Waals surface area contributed by atoms with Gasteiger partial charge in [-0.3, -0.25) is 0 Å². The van der Waals surface area contributed by atoms with Gasteiger partial charge in [0.2, 0.25) is 0 Å². The number of fused-ring (bicyclic) bond motifs is 2. The summed E-state index contributed by atoms with van der Waals surface area (Å²) in [7, 11) is 0. The molecular weight excluding hydrogens is 397 g/mol. The summed E-state index contributed by atoms with van der Waals surface area (Å²) in [6.07, 6.45) is 2.91. The van der Waals surface area contributed by atoms with E-state index < -0.39 is 0 Å². The summed E-state index contributed by atoms with van der Waals surface area (Å²) < 4.78 is 0. The second-order valence-electron chi connectivity index (χ2n) is 5.66. The molecule has 0 spiro atoms. The van der Waals surface area contributed by atoms with Gasteiger partial charge >= 0.3 is 24.8 Å². The predicted molar refractivity (Wildman–Crippen MR) is 119 cm³/mol.